The van der Waals surface area contributed by atoms with Crippen molar-refractivity contribution in [2.24, 2.45) is 4.99 Å². The number of rotatable bonds is 4. The molecule has 18 heavy (non-hydrogen) atoms. The van der Waals surface area contributed by atoms with Gasteiger partial charge in [-0.15, -0.1) is 0 Å². The third-order valence-corrected chi connectivity index (χ3v) is 2.84. The Labute approximate surface area is 111 Å². The minimum Gasteiger partial charge on any atom is -0.354 e. The summed E-state index contributed by atoms with van der Waals surface area (Å²) in [5.41, 5.74) is 0. The molecule has 0 radical (unpaired) electrons. The molecule has 1 aliphatic heterocycles. The van der Waals surface area contributed by atoms with Crippen molar-refractivity contribution in [2.75, 3.05) is 36.4 Å². The number of nitrogens with zero attached hydrogens (tertiary/aromatic N) is 4. The Morgan fingerprint density at radius 3 is 2.78 bits per heavy atom. The first-order chi connectivity index (χ1) is 8.72. The molecule has 0 aromatic carbocycles. The number of hydrogen-bond donors (Lipinski definition) is 2. The van der Waals surface area contributed by atoms with Gasteiger partial charge in [0.2, 0.25) is 5.95 Å². The van der Waals surface area contributed by atoms with Gasteiger partial charge in [0.1, 0.15) is 11.0 Å². The molecule has 0 amide bonds. The first-order valence-corrected chi connectivity index (χ1v) is 6.45. The fourth-order valence-corrected chi connectivity index (χ4v) is 1.90. The molecule has 0 saturated carbocycles. The molecule has 0 spiro atoms. The van der Waals surface area contributed by atoms with Gasteiger partial charge in [0.25, 0.3) is 0 Å². The van der Waals surface area contributed by atoms with Crippen molar-refractivity contribution in [1.82, 2.24) is 15.3 Å². The Hall–Kier alpha value is -1.56. The highest BCUT2D eigenvalue weighted by Gasteiger charge is 2.11. The van der Waals surface area contributed by atoms with Gasteiger partial charge < -0.3 is 15.5 Å². The van der Waals surface area contributed by atoms with Crippen LogP contribution in [0, 0.1) is 0 Å². The van der Waals surface area contributed by atoms with E-state index in [1.54, 1.807) is 6.07 Å². The van der Waals surface area contributed by atoms with Crippen LogP contribution in [0.5, 0.6) is 0 Å². The van der Waals surface area contributed by atoms with Crippen molar-refractivity contribution in [3.05, 3.63) is 11.2 Å². The first kappa shape index (κ1) is 12.9. The Bertz CT molecular complexity index is 443. The lowest BCUT2D eigenvalue weighted by atomic mass is 10.5. The lowest BCUT2D eigenvalue weighted by Gasteiger charge is -2.19. The second-order valence-electron chi connectivity index (χ2n) is 3.83. The first-order valence-electron chi connectivity index (χ1n) is 6.07. The van der Waals surface area contributed by atoms with Crippen LogP contribution in [0.2, 0.25) is 5.15 Å². The van der Waals surface area contributed by atoms with Crippen molar-refractivity contribution < 1.29 is 0 Å². The zero-order valence-electron chi connectivity index (χ0n) is 10.6. The van der Waals surface area contributed by atoms with Gasteiger partial charge in [-0.3, -0.25) is 4.99 Å². The number of nitrogens with one attached hydrogen (secondary N) is 2. The largest absolute Gasteiger partial charge is 0.354 e. The van der Waals surface area contributed by atoms with Crippen LogP contribution in [-0.4, -0.2) is 42.1 Å². The van der Waals surface area contributed by atoms with Crippen LogP contribution in [0.1, 0.15) is 13.8 Å². The van der Waals surface area contributed by atoms with Crippen LogP contribution >= 0.6 is 11.6 Å². The lowest BCUT2D eigenvalue weighted by molar-refractivity contribution is 0.822. The summed E-state index contributed by atoms with van der Waals surface area (Å²) in [6.45, 7) is 7.44. The van der Waals surface area contributed by atoms with E-state index < -0.39 is 0 Å². The number of anilines is 2. The summed E-state index contributed by atoms with van der Waals surface area (Å²) in [6.07, 6.45) is 0. The topological polar surface area (TPSA) is 65.4 Å². The molecule has 98 valence electrons. The summed E-state index contributed by atoms with van der Waals surface area (Å²) < 4.78 is 0. The predicted octanol–water partition coefficient (Wildman–Crippen LogP) is 1.35. The molecule has 0 atom stereocenters. The third-order valence-electron chi connectivity index (χ3n) is 2.65. The van der Waals surface area contributed by atoms with E-state index in [4.69, 9.17) is 11.6 Å². The Balaban J connectivity index is 2.20. The van der Waals surface area contributed by atoms with E-state index in [9.17, 15) is 0 Å². The van der Waals surface area contributed by atoms with E-state index in [0.29, 0.717) is 16.9 Å². The van der Waals surface area contributed by atoms with E-state index in [0.717, 1.165) is 32.1 Å². The van der Waals surface area contributed by atoms with Crippen LogP contribution in [0.4, 0.5) is 11.8 Å². The highest BCUT2D eigenvalue weighted by atomic mass is 35.5. The van der Waals surface area contributed by atoms with Gasteiger partial charge >= 0.3 is 0 Å². The van der Waals surface area contributed by atoms with Gasteiger partial charge in [-0.1, -0.05) is 11.6 Å². The molecular formula is C11H17ClN6. The summed E-state index contributed by atoms with van der Waals surface area (Å²) >= 11 is 6.02. The summed E-state index contributed by atoms with van der Waals surface area (Å²) in [5.74, 6) is 2.02. The molecule has 0 aliphatic carbocycles. The van der Waals surface area contributed by atoms with Crippen LogP contribution < -0.4 is 15.5 Å². The highest BCUT2D eigenvalue weighted by Crippen LogP contribution is 2.17. The third kappa shape index (κ3) is 3.01. The molecule has 0 fully saturated rings. The maximum absolute atomic E-state index is 6.02. The molecule has 1 aromatic heterocycles. The zero-order chi connectivity index (χ0) is 13.0. The van der Waals surface area contributed by atoms with Gasteiger partial charge in [0, 0.05) is 25.7 Å². The van der Waals surface area contributed by atoms with Crippen LogP contribution in [0.25, 0.3) is 0 Å². The number of aromatic nitrogens is 2. The smallest absolute Gasteiger partial charge is 0.228 e. The summed E-state index contributed by atoms with van der Waals surface area (Å²) in [4.78, 5) is 15.0. The van der Waals surface area contributed by atoms with Gasteiger partial charge in [0.15, 0.2) is 5.96 Å². The number of hydrogen-bond acceptors (Lipinski definition) is 6. The quantitative estimate of drug-likeness (QED) is 0.807. The standard InChI is InChI=1S/C11H17ClN6/c1-3-18(4-2)11-15-8(12)7-9(17-11)16-10-13-5-6-14-10/h7H,3-6H2,1-2H3,(H2,13,14,15,16,17). The Morgan fingerprint density at radius 2 is 2.17 bits per heavy atom. The number of aliphatic imine (C=N–C) groups is 1. The minimum atomic E-state index is 0.424. The van der Waals surface area contributed by atoms with Gasteiger partial charge in [-0.05, 0) is 13.8 Å². The fourth-order valence-electron chi connectivity index (χ4n) is 1.72. The van der Waals surface area contributed by atoms with E-state index in [2.05, 4.69) is 39.4 Å². The monoisotopic (exact) mass is 268 g/mol. The van der Waals surface area contributed by atoms with Crippen LogP contribution in [0.15, 0.2) is 11.1 Å². The Morgan fingerprint density at radius 1 is 1.39 bits per heavy atom. The molecule has 1 aliphatic rings. The van der Waals surface area contributed by atoms with Crippen molar-refractivity contribution in [3.8, 4) is 0 Å². The van der Waals surface area contributed by atoms with Crippen molar-refractivity contribution in [1.29, 1.82) is 0 Å². The second-order valence-corrected chi connectivity index (χ2v) is 4.22. The van der Waals surface area contributed by atoms with E-state index >= 15 is 0 Å². The second kappa shape index (κ2) is 5.86. The van der Waals surface area contributed by atoms with Crippen molar-refractivity contribution >= 4 is 29.3 Å². The molecule has 1 aromatic rings. The van der Waals surface area contributed by atoms with E-state index in [-0.39, 0.29) is 0 Å². The van der Waals surface area contributed by atoms with Crippen molar-refractivity contribution in [3.63, 3.8) is 0 Å². The SMILES string of the molecule is CCN(CC)c1nc(Cl)cc(NC2=NCCN2)n1. The van der Waals surface area contributed by atoms with Gasteiger partial charge in [0.05, 0.1) is 6.54 Å². The zero-order valence-corrected chi connectivity index (χ0v) is 11.3. The predicted molar refractivity (Wildman–Crippen MR) is 74.5 cm³/mol. The molecule has 6 nitrogen and oxygen atoms in total. The summed E-state index contributed by atoms with van der Waals surface area (Å²) in [6, 6.07) is 1.69. The lowest BCUT2D eigenvalue weighted by Crippen LogP contribution is -2.28. The highest BCUT2D eigenvalue weighted by molar-refractivity contribution is 6.29. The summed E-state index contributed by atoms with van der Waals surface area (Å²) in [5, 5.41) is 6.65. The van der Waals surface area contributed by atoms with Crippen LogP contribution in [-0.2, 0) is 0 Å². The molecule has 2 rings (SSSR count). The van der Waals surface area contributed by atoms with E-state index in [1.165, 1.54) is 0 Å². The van der Waals surface area contributed by atoms with E-state index in [1.807, 2.05) is 4.90 Å². The molecule has 2 heterocycles. The summed E-state index contributed by atoms with van der Waals surface area (Å²) in [7, 11) is 0. The average Bonchev–Trinajstić information content (AvgIpc) is 2.83. The normalized spacial score (nSPS) is 14.1. The van der Waals surface area contributed by atoms with Crippen LogP contribution in [0.3, 0.4) is 0 Å². The molecule has 0 saturated heterocycles. The average molecular weight is 269 g/mol. The maximum atomic E-state index is 6.02. The van der Waals surface area contributed by atoms with Crippen molar-refractivity contribution in [2.45, 2.75) is 13.8 Å². The van der Waals surface area contributed by atoms with Gasteiger partial charge in [-0.2, -0.15) is 4.98 Å². The molecule has 2 N–H and O–H groups in total. The Kier molecular flexibility index (Phi) is 4.19. The molecule has 0 unspecified atom stereocenters. The fraction of sp³-hybridized carbons (Fsp3) is 0.545. The molecule has 0 bridgehead atoms. The number of guanidine groups is 1. The van der Waals surface area contributed by atoms with Gasteiger partial charge in [-0.25, -0.2) is 4.98 Å². The molecule has 7 heteroatoms. The maximum Gasteiger partial charge on any atom is 0.228 e. The molecular weight excluding hydrogens is 252 g/mol. The minimum absolute atomic E-state index is 0.424. The number of halogens is 1.